The van der Waals surface area contributed by atoms with Gasteiger partial charge in [0.2, 0.25) is 0 Å². The summed E-state index contributed by atoms with van der Waals surface area (Å²) in [7, 11) is 0. The number of hydrogen-bond acceptors (Lipinski definition) is 4. The van der Waals surface area contributed by atoms with Gasteiger partial charge in [-0.3, -0.25) is 4.79 Å². The van der Waals surface area contributed by atoms with Crippen LogP contribution < -0.4 is 4.74 Å². The first kappa shape index (κ1) is 25.3. The van der Waals surface area contributed by atoms with Crippen LogP contribution in [0.15, 0.2) is 48.1 Å². The molecule has 3 rings (SSSR count). The zero-order valence-electron chi connectivity index (χ0n) is 21.1. The zero-order valence-corrected chi connectivity index (χ0v) is 21.1. The van der Waals surface area contributed by atoms with Crippen LogP contribution in [0.5, 0.6) is 5.75 Å². The van der Waals surface area contributed by atoms with Crippen LogP contribution in [0.25, 0.3) is 0 Å². The van der Waals surface area contributed by atoms with Crippen molar-refractivity contribution in [3.8, 4) is 5.75 Å². The Morgan fingerprint density at radius 2 is 1.55 bits per heavy atom. The van der Waals surface area contributed by atoms with Crippen LogP contribution in [0.1, 0.15) is 96.3 Å². The molecule has 0 N–H and O–H groups in total. The lowest BCUT2D eigenvalue weighted by atomic mass is 9.64. The summed E-state index contributed by atoms with van der Waals surface area (Å²) < 4.78 is 11.0. The van der Waals surface area contributed by atoms with Gasteiger partial charge in [0, 0.05) is 0 Å². The monoisotopic (exact) mass is 452 g/mol. The van der Waals surface area contributed by atoms with Crippen LogP contribution in [0, 0.1) is 16.2 Å². The van der Waals surface area contributed by atoms with Gasteiger partial charge in [0.1, 0.15) is 12.4 Å². The first-order valence-corrected chi connectivity index (χ1v) is 12.4. The Morgan fingerprint density at radius 1 is 0.970 bits per heavy atom. The molecule has 0 radical (unpaired) electrons. The van der Waals surface area contributed by atoms with Gasteiger partial charge in [-0.15, -0.1) is 0 Å². The van der Waals surface area contributed by atoms with Crippen molar-refractivity contribution in [2.24, 2.45) is 16.2 Å². The first-order valence-electron chi connectivity index (χ1n) is 12.4. The second-order valence-electron chi connectivity index (χ2n) is 11.1. The molecule has 0 atom stereocenters. The van der Waals surface area contributed by atoms with E-state index in [2.05, 4.69) is 41.2 Å². The van der Waals surface area contributed by atoms with Gasteiger partial charge in [0.15, 0.2) is 0 Å². The van der Waals surface area contributed by atoms with Crippen molar-refractivity contribution in [3.05, 3.63) is 53.6 Å². The van der Waals surface area contributed by atoms with E-state index in [4.69, 9.17) is 9.47 Å². The fourth-order valence-corrected chi connectivity index (χ4v) is 5.40. The van der Waals surface area contributed by atoms with E-state index in [0.717, 1.165) is 51.4 Å². The van der Waals surface area contributed by atoms with E-state index in [0.29, 0.717) is 11.3 Å². The molecule has 33 heavy (non-hydrogen) atoms. The van der Waals surface area contributed by atoms with E-state index in [9.17, 15) is 9.59 Å². The van der Waals surface area contributed by atoms with Crippen molar-refractivity contribution in [2.45, 2.75) is 86.0 Å². The Hall–Kier alpha value is -2.36. The molecule has 0 fully saturated rings. The average molecular weight is 453 g/mol. The highest BCUT2D eigenvalue weighted by Gasteiger charge is 2.53. The highest BCUT2D eigenvalue weighted by atomic mass is 16.5. The quantitative estimate of drug-likeness (QED) is 0.169. The lowest BCUT2D eigenvalue weighted by molar-refractivity contribution is -0.146. The fourth-order valence-electron chi connectivity index (χ4n) is 5.40. The van der Waals surface area contributed by atoms with Crippen molar-refractivity contribution in [1.29, 1.82) is 0 Å². The number of rotatable bonds is 9. The summed E-state index contributed by atoms with van der Waals surface area (Å²) in [5.41, 5.74) is 3.15. The number of allylic oxidation sites excluding steroid dienone is 2. The molecule has 0 heterocycles. The normalized spacial score (nSPS) is 20.2. The van der Waals surface area contributed by atoms with Gasteiger partial charge in [-0.05, 0) is 67.2 Å². The number of benzene rings is 1. The van der Waals surface area contributed by atoms with Gasteiger partial charge in [0.25, 0.3) is 0 Å². The SMILES string of the molecule is C=CCOC(=O)c1ccc(OC(=O)C2(CCCCC)CC3=C(C2)C(C)(C)CCC3(C)C)cc1. The minimum atomic E-state index is -0.500. The molecule has 0 aliphatic heterocycles. The zero-order chi connectivity index (χ0) is 24.3. The molecule has 0 saturated heterocycles. The van der Waals surface area contributed by atoms with E-state index in [1.54, 1.807) is 24.3 Å². The third-order valence-corrected chi connectivity index (χ3v) is 7.73. The minimum absolute atomic E-state index is 0.130. The molecule has 0 unspecified atom stereocenters. The summed E-state index contributed by atoms with van der Waals surface area (Å²) in [5.74, 6) is -0.0824. The van der Waals surface area contributed by atoms with Gasteiger partial charge in [-0.25, -0.2) is 4.79 Å². The molecular weight excluding hydrogens is 412 g/mol. The molecule has 0 bridgehead atoms. The Balaban J connectivity index is 1.81. The molecule has 1 aromatic carbocycles. The predicted molar refractivity (Wildman–Crippen MR) is 132 cm³/mol. The van der Waals surface area contributed by atoms with Gasteiger partial charge >= 0.3 is 11.9 Å². The fraction of sp³-hybridized carbons (Fsp3) is 0.586. The van der Waals surface area contributed by atoms with Crippen LogP contribution in [-0.2, 0) is 9.53 Å². The predicted octanol–water partition coefficient (Wildman–Crippen LogP) is 7.44. The van der Waals surface area contributed by atoms with E-state index in [1.807, 2.05) is 0 Å². The molecule has 0 aromatic heterocycles. The summed E-state index contributed by atoms with van der Waals surface area (Å²) in [4.78, 5) is 25.7. The van der Waals surface area contributed by atoms with Crippen LogP contribution in [-0.4, -0.2) is 18.5 Å². The second kappa shape index (κ2) is 9.87. The van der Waals surface area contributed by atoms with Gasteiger partial charge in [-0.2, -0.15) is 0 Å². The number of hydrogen-bond donors (Lipinski definition) is 0. The van der Waals surface area contributed by atoms with E-state index in [-0.39, 0.29) is 23.4 Å². The summed E-state index contributed by atoms with van der Waals surface area (Å²) >= 11 is 0. The maximum absolute atomic E-state index is 13.7. The summed E-state index contributed by atoms with van der Waals surface area (Å²) in [5, 5.41) is 0. The number of esters is 2. The molecule has 0 spiro atoms. The Kier molecular flexibility index (Phi) is 7.55. The van der Waals surface area contributed by atoms with E-state index in [1.165, 1.54) is 17.2 Å². The van der Waals surface area contributed by atoms with Crippen molar-refractivity contribution >= 4 is 11.9 Å². The number of unbranched alkanes of at least 4 members (excludes halogenated alkanes) is 2. The number of ether oxygens (including phenoxy) is 2. The van der Waals surface area contributed by atoms with Crippen LogP contribution in [0.4, 0.5) is 0 Å². The smallest absolute Gasteiger partial charge is 0.338 e. The number of carbonyl (C=O) groups is 2. The molecule has 4 nitrogen and oxygen atoms in total. The Morgan fingerprint density at radius 3 is 2.06 bits per heavy atom. The lowest BCUT2D eigenvalue weighted by Gasteiger charge is -2.41. The molecule has 2 aliphatic carbocycles. The van der Waals surface area contributed by atoms with Gasteiger partial charge in [-0.1, -0.05) is 77.7 Å². The highest BCUT2D eigenvalue weighted by molar-refractivity contribution is 5.89. The minimum Gasteiger partial charge on any atom is -0.458 e. The van der Waals surface area contributed by atoms with E-state index >= 15 is 0 Å². The molecule has 0 saturated carbocycles. The maximum atomic E-state index is 13.7. The van der Waals surface area contributed by atoms with Crippen molar-refractivity contribution in [3.63, 3.8) is 0 Å². The average Bonchev–Trinajstić information content (AvgIpc) is 3.20. The second-order valence-corrected chi connectivity index (χ2v) is 11.1. The van der Waals surface area contributed by atoms with E-state index < -0.39 is 11.4 Å². The topological polar surface area (TPSA) is 52.6 Å². The van der Waals surface area contributed by atoms with Crippen molar-refractivity contribution in [2.75, 3.05) is 6.61 Å². The Labute approximate surface area is 199 Å². The molecule has 180 valence electrons. The molecule has 0 amide bonds. The largest absolute Gasteiger partial charge is 0.458 e. The summed E-state index contributed by atoms with van der Waals surface area (Å²) in [6, 6.07) is 6.64. The maximum Gasteiger partial charge on any atom is 0.338 e. The van der Waals surface area contributed by atoms with Crippen LogP contribution in [0.2, 0.25) is 0 Å². The van der Waals surface area contributed by atoms with Crippen LogP contribution >= 0.6 is 0 Å². The summed E-state index contributed by atoms with van der Waals surface area (Å²) in [6.07, 6.45) is 9.56. The van der Waals surface area contributed by atoms with Crippen molar-refractivity contribution in [1.82, 2.24) is 0 Å². The van der Waals surface area contributed by atoms with Crippen LogP contribution in [0.3, 0.4) is 0 Å². The molecular formula is C29H40O4. The van der Waals surface area contributed by atoms with Crippen molar-refractivity contribution < 1.29 is 19.1 Å². The third-order valence-electron chi connectivity index (χ3n) is 7.73. The Bertz CT molecular complexity index is 889. The number of carbonyl (C=O) groups excluding carboxylic acids is 2. The first-order chi connectivity index (χ1) is 15.5. The highest BCUT2D eigenvalue weighted by Crippen LogP contribution is 2.61. The molecule has 2 aliphatic rings. The third kappa shape index (κ3) is 5.42. The molecule has 4 heteroatoms. The molecule has 1 aromatic rings. The summed E-state index contributed by atoms with van der Waals surface area (Å²) in [6.45, 7) is 15.2. The van der Waals surface area contributed by atoms with Gasteiger partial charge < -0.3 is 9.47 Å². The van der Waals surface area contributed by atoms with Gasteiger partial charge in [0.05, 0.1) is 11.0 Å². The standard InChI is InChI=1S/C29H40O4/c1-7-9-10-15-29(19-23-24(20-29)28(5,6)17-16-27(23,3)4)26(31)33-22-13-11-21(12-14-22)25(30)32-18-8-2/h8,11-14H,2,7,9-10,15-20H2,1,3-6H3. The lowest BCUT2D eigenvalue weighted by Crippen LogP contribution is -2.34.